The molecule has 1 aromatic heterocycles. The van der Waals surface area contributed by atoms with Crippen molar-refractivity contribution >= 4 is 22.6 Å². The third-order valence-corrected chi connectivity index (χ3v) is 5.17. The molecule has 21 heavy (non-hydrogen) atoms. The van der Waals surface area contributed by atoms with Crippen LogP contribution >= 0.6 is 22.6 Å². The zero-order valence-corrected chi connectivity index (χ0v) is 15.4. The largest absolute Gasteiger partial charge is 0.388 e. The van der Waals surface area contributed by atoms with Crippen LogP contribution < -0.4 is 0 Å². The second-order valence-corrected chi connectivity index (χ2v) is 8.61. The van der Waals surface area contributed by atoms with Gasteiger partial charge in [-0.3, -0.25) is 4.68 Å². The van der Waals surface area contributed by atoms with Crippen LogP contribution in [0.5, 0.6) is 0 Å². The molecule has 0 spiro atoms. The van der Waals surface area contributed by atoms with E-state index < -0.39 is 5.60 Å². The van der Waals surface area contributed by atoms with Crippen molar-refractivity contribution in [2.75, 3.05) is 6.61 Å². The van der Waals surface area contributed by atoms with Crippen LogP contribution in [0.3, 0.4) is 0 Å². The van der Waals surface area contributed by atoms with E-state index in [0.29, 0.717) is 24.7 Å². The Morgan fingerprint density at radius 1 is 1.43 bits per heavy atom. The van der Waals surface area contributed by atoms with E-state index in [0.717, 1.165) is 28.4 Å². The second-order valence-electron chi connectivity index (χ2n) is 7.50. The van der Waals surface area contributed by atoms with Crippen LogP contribution in [0.2, 0.25) is 0 Å². The molecule has 0 bridgehead atoms. The van der Waals surface area contributed by atoms with Gasteiger partial charge in [0.2, 0.25) is 0 Å². The molecule has 0 amide bonds. The van der Waals surface area contributed by atoms with Crippen molar-refractivity contribution in [2.24, 2.45) is 11.8 Å². The van der Waals surface area contributed by atoms with Gasteiger partial charge in [-0.15, -0.1) is 0 Å². The summed E-state index contributed by atoms with van der Waals surface area (Å²) in [5.41, 5.74) is 0.684. The van der Waals surface area contributed by atoms with Crippen molar-refractivity contribution in [2.45, 2.75) is 64.2 Å². The van der Waals surface area contributed by atoms with Gasteiger partial charge in [-0.2, -0.15) is 5.10 Å². The molecule has 4 atom stereocenters. The highest BCUT2D eigenvalue weighted by Gasteiger charge is 2.58. The van der Waals surface area contributed by atoms with Gasteiger partial charge < -0.3 is 9.84 Å². The highest BCUT2D eigenvalue weighted by molar-refractivity contribution is 14.1. The van der Waals surface area contributed by atoms with E-state index in [1.54, 1.807) is 13.8 Å². The monoisotopic (exact) mass is 404 g/mol. The molecule has 3 rings (SSSR count). The Labute approximate surface area is 140 Å². The van der Waals surface area contributed by atoms with Crippen LogP contribution in [0.4, 0.5) is 0 Å². The summed E-state index contributed by atoms with van der Waals surface area (Å²) in [6.07, 6.45) is 2.59. The minimum atomic E-state index is -0.724. The minimum absolute atomic E-state index is 0.331. The fraction of sp³-hybridized carbons (Fsp3) is 0.812. The SMILES string of the molecule is CC(C)n1nc(I)cc1C1[C@H]2CC(OCC(C)(C)O)C[C@@H]12. The quantitative estimate of drug-likeness (QED) is 0.766. The number of aliphatic hydroxyl groups is 1. The smallest absolute Gasteiger partial charge is 0.123 e. The molecule has 0 radical (unpaired) electrons. The molecular weight excluding hydrogens is 379 g/mol. The molecule has 2 saturated carbocycles. The van der Waals surface area contributed by atoms with Gasteiger partial charge in [-0.25, -0.2) is 0 Å². The third-order valence-electron chi connectivity index (χ3n) is 4.64. The first-order chi connectivity index (χ1) is 9.76. The van der Waals surface area contributed by atoms with Crippen molar-refractivity contribution < 1.29 is 9.84 Å². The van der Waals surface area contributed by atoms with Crippen LogP contribution in [0.1, 0.15) is 58.2 Å². The van der Waals surface area contributed by atoms with Gasteiger partial charge >= 0.3 is 0 Å². The molecule has 0 aliphatic heterocycles. The molecule has 2 aliphatic rings. The summed E-state index contributed by atoms with van der Waals surface area (Å²) >= 11 is 2.31. The topological polar surface area (TPSA) is 47.3 Å². The standard InChI is InChI=1S/C16H25IN2O2/c1-9(2)19-13(7-14(17)18-19)15-11-5-10(6-12(11)15)21-8-16(3,4)20/h7,9-12,15,20H,5-6,8H2,1-4H3/t10?,11-,12+,15?. The van der Waals surface area contributed by atoms with Crippen molar-refractivity contribution in [3.05, 3.63) is 15.5 Å². The molecule has 1 aromatic rings. The predicted octanol–water partition coefficient (Wildman–Crippen LogP) is 3.35. The first kappa shape index (κ1) is 15.7. The van der Waals surface area contributed by atoms with E-state index >= 15 is 0 Å². The van der Waals surface area contributed by atoms with Gasteiger partial charge in [0.25, 0.3) is 0 Å². The van der Waals surface area contributed by atoms with E-state index in [1.807, 2.05) is 0 Å². The average molecular weight is 404 g/mol. The maximum Gasteiger partial charge on any atom is 0.123 e. The van der Waals surface area contributed by atoms with Crippen molar-refractivity contribution in [1.29, 1.82) is 0 Å². The Balaban J connectivity index is 1.60. The molecule has 0 aromatic carbocycles. The van der Waals surface area contributed by atoms with E-state index in [-0.39, 0.29) is 0 Å². The molecule has 2 aliphatic carbocycles. The Kier molecular flexibility index (Phi) is 4.12. The number of rotatable bonds is 5. The summed E-state index contributed by atoms with van der Waals surface area (Å²) in [5, 5.41) is 14.4. The fourth-order valence-corrected chi connectivity index (χ4v) is 4.28. The summed E-state index contributed by atoms with van der Waals surface area (Å²) in [6.45, 7) is 8.42. The number of hydrogen-bond donors (Lipinski definition) is 1. The Morgan fingerprint density at radius 3 is 2.57 bits per heavy atom. The minimum Gasteiger partial charge on any atom is -0.388 e. The van der Waals surface area contributed by atoms with Crippen LogP contribution in [0, 0.1) is 15.5 Å². The van der Waals surface area contributed by atoms with Gasteiger partial charge in [-0.1, -0.05) is 0 Å². The Bertz CT molecular complexity index is 509. The number of halogens is 1. The van der Waals surface area contributed by atoms with Crippen LogP contribution in [0.25, 0.3) is 0 Å². The van der Waals surface area contributed by atoms with Gasteiger partial charge in [0.15, 0.2) is 0 Å². The second kappa shape index (κ2) is 5.49. The van der Waals surface area contributed by atoms with Crippen LogP contribution in [-0.2, 0) is 4.74 Å². The highest BCUT2D eigenvalue weighted by Crippen LogP contribution is 2.63. The third kappa shape index (κ3) is 3.29. The lowest BCUT2D eigenvalue weighted by Crippen LogP contribution is -2.29. The summed E-state index contributed by atoms with van der Waals surface area (Å²) in [4.78, 5) is 0. The summed E-state index contributed by atoms with van der Waals surface area (Å²) in [5.74, 6) is 2.18. The normalized spacial score (nSPS) is 31.8. The molecule has 1 heterocycles. The van der Waals surface area contributed by atoms with Gasteiger partial charge in [-0.05, 0) is 81.0 Å². The molecule has 0 saturated heterocycles. The summed E-state index contributed by atoms with van der Waals surface area (Å²) in [6, 6.07) is 2.67. The fourth-order valence-electron chi connectivity index (χ4n) is 3.73. The maximum absolute atomic E-state index is 9.75. The Morgan fingerprint density at radius 2 is 2.05 bits per heavy atom. The van der Waals surface area contributed by atoms with Crippen molar-refractivity contribution in [3.63, 3.8) is 0 Å². The number of ether oxygens (including phenoxy) is 1. The van der Waals surface area contributed by atoms with E-state index in [2.05, 4.69) is 52.3 Å². The number of nitrogens with zero attached hydrogens (tertiary/aromatic N) is 2. The number of hydrogen-bond acceptors (Lipinski definition) is 3. The van der Waals surface area contributed by atoms with Crippen molar-refractivity contribution in [3.8, 4) is 0 Å². The van der Waals surface area contributed by atoms with Gasteiger partial charge in [0.05, 0.1) is 18.3 Å². The molecule has 118 valence electrons. The van der Waals surface area contributed by atoms with Gasteiger partial charge in [0.1, 0.15) is 3.70 Å². The maximum atomic E-state index is 9.75. The first-order valence-electron chi connectivity index (χ1n) is 7.85. The van der Waals surface area contributed by atoms with E-state index in [9.17, 15) is 5.11 Å². The number of aromatic nitrogens is 2. The zero-order valence-electron chi connectivity index (χ0n) is 13.2. The molecular formula is C16H25IN2O2. The van der Waals surface area contributed by atoms with Crippen LogP contribution in [0.15, 0.2) is 6.07 Å². The molecule has 5 heteroatoms. The first-order valence-corrected chi connectivity index (χ1v) is 8.93. The predicted molar refractivity (Wildman–Crippen MR) is 90.3 cm³/mol. The van der Waals surface area contributed by atoms with Crippen molar-refractivity contribution in [1.82, 2.24) is 9.78 Å². The van der Waals surface area contributed by atoms with E-state index in [1.165, 1.54) is 5.69 Å². The lowest BCUT2D eigenvalue weighted by atomic mass is 10.1. The lowest BCUT2D eigenvalue weighted by molar-refractivity contribution is -0.0543. The zero-order chi connectivity index (χ0) is 15.4. The number of fused-ring (bicyclic) bond motifs is 1. The summed E-state index contributed by atoms with van der Waals surface area (Å²) in [7, 11) is 0. The molecule has 4 nitrogen and oxygen atoms in total. The van der Waals surface area contributed by atoms with Gasteiger partial charge in [0, 0.05) is 17.7 Å². The highest BCUT2D eigenvalue weighted by atomic mass is 127. The molecule has 2 unspecified atom stereocenters. The Hall–Kier alpha value is -0.140. The average Bonchev–Trinajstić information content (AvgIpc) is 2.75. The van der Waals surface area contributed by atoms with E-state index in [4.69, 9.17) is 4.74 Å². The lowest BCUT2D eigenvalue weighted by Gasteiger charge is -2.22. The molecule has 2 fully saturated rings. The summed E-state index contributed by atoms with van der Waals surface area (Å²) < 4.78 is 9.15. The molecule has 1 N–H and O–H groups in total. The van der Waals surface area contributed by atoms with Crippen LogP contribution in [-0.4, -0.2) is 33.2 Å².